The summed E-state index contributed by atoms with van der Waals surface area (Å²) in [6.07, 6.45) is 0.951. The summed E-state index contributed by atoms with van der Waals surface area (Å²) < 4.78 is 0. The van der Waals surface area contributed by atoms with Crippen LogP contribution in [0.4, 0.5) is 0 Å². The van der Waals surface area contributed by atoms with Crippen LogP contribution in [-0.2, 0) is 16.1 Å². The molecule has 4 rings (SSSR count). The first-order chi connectivity index (χ1) is 11.5. The van der Waals surface area contributed by atoms with Crippen LogP contribution in [0.1, 0.15) is 29.9 Å². The van der Waals surface area contributed by atoms with Gasteiger partial charge in [-0.2, -0.15) is 0 Å². The van der Waals surface area contributed by atoms with Crippen molar-refractivity contribution >= 4 is 35.0 Å². The highest BCUT2D eigenvalue weighted by molar-refractivity contribution is 6.34. The highest BCUT2D eigenvalue weighted by atomic mass is 35.5. The molecule has 24 heavy (non-hydrogen) atoms. The van der Waals surface area contributed by atoms with Gasteiger partial charge in [0.05, 0.1) is 12.0 Å². The number of halogens is 2. The summed E-state index contributed by atoms with van der Waals surface area (Å²) in [4.78, 5) is 26.7. The van der Waals surface area contributed by atoms with Crippen molar-refractivity contribution in [2.75, 3.05) is 0 Å². The average Bonchev–Trinajstić information content (AvgIpc) is 3.22. The van der Waals surface area contributed by atoms with Crippen LogP contribution in [0.3, 0.4) is 0 Å². The third-order valence-electron chi connectivity index (χ3n) is 4.98. The van der Waals surface area contributed by atoms with E-state index in [9.17, 15) is 9.59 Å². The summed E-state index contributed by atoms with van der Waals surface area (Å²) in [5.74, 6) is -0.150. The molecule has 2 aliphatic rings. The zero-order chi connectivity index (χ0) is 16.9. The van der Waals surface area contributed by atoms with Crippen molar-refractivity contribution in [2.24, 2.45) is 5.41 Å². The van der Waals surface area contributed by atoms with Crippen LogP contribution in [0.15, 0.2) is 48.5 Å². The van der Waals surface area contributed by atoms with E-state index in [0.717, 1.165) is 11.1 Å². The fourth-order valence-corrected chi connectivity index (χ4v) is 4.24. The second kappa shape index (κ2) is 5.61. The first-order valence-corrected chi connectivity index (χ1v) is 8.60. The molecule has 0 bridgehead atoms. The first kappa shape index (κ1) is 15.7. The molecule has 1 spiro atoms. The summed E-state index contributed by atoms with van der Waals surface area (Å²) in [5.41, 5.74) is 1.30. The molecule has 122 valence electrons. The summed E-state index contributed by atoms with van der Waals surface area (Å²) in [7, 11) is 0. The monoisotopic (exact) mass is 359 g/mol. The normalized spacial score (nSPS) is 25.6. The molecule has 1 saturated carbocycles. The number of carbonyl (C=O) groups is 2. The molecule has 0 unspecified atom stereocenters. The number of rotatable bonds is 3. The lowest BCUT2D eigenvalue weighted by Gasteiger charge is -2.15. The maximum Gasteiger partial charge on any atom is 0.236 e. The van der Waals surface area contributed by atoms with E-state index in [2.05, 4.69) is 0 Å². The van der Waals surface area contributed by atoms with Gasteiger partial charge < -0.3 is 0 Å². The van der Waals surface area contributed by atoms with Gasteiger partial charge in [-0.15, -0.1) is 0 Å². The number of benzene rings is 2. The fourth-order valence-electron chi connectivity index (χ4n) is 3.70. The number of nitrogens with zero attached hydrogens (tertiary/aromatic N) is 1. The van der Waals surface area contributed by atoms with Gasteiger partial charge in [-0.1, -0.05) is 53.5 Å². The average molecular weight is 360 g/mol. The summed E-state index contributed by atoms with van der Waals surface area (Å²) in [6, 6.07) is 14.9. The Morgan fingerprint density at radius 1 is 1.04 bits per heavy atom. The topological polar surface area (TPSA) is 37.4 Å². The number of hydrogen-bond acceptors (Lipinski definition) is 2. The minimum absolute atomic E-state index is 0.0194. The molecule has 5 heteroatoms. The van der Waals surface area contributed by atoms with E-state index in [-0.39, 0.29) is 24.2 Å². The first-order valence-electron chi connectivity index (χ1n) is 7.84. The van der Waals surface area contributed by atoms with E-state index in [0.29, 0.717) is 23.0 Å². The Morgan fingerprint density at radius 2 is 1.71 bits per heavy atom. The van der Waals surface area contributed by atoms with Gasteiger partial charge in [-0.25, -0.2) is 0 Å². The van der Waals surface area contributed by atoms with Crippen molar-refractivity contribution in [1.29, 1.82) is 0 Å². The lowest BCUT2D eigenvalue weighted by Crippen LogP contribution is -2.30. The van der Waals surface area contributed by atoms with Crippen LogP contribution in [0, 0.1) is 5.41 Å². The van der Waals surface area contributed by atoms with Gasteiger partial charge in [0.2, 0.25) is 11.8 Å². The number of imide groups is 1. The standard InChI is InChI=1S/C19H15Cl2NO2/c20-14-6-13(7-15(21)8-14)16-9-19(16)10-17(23)22(18(19)24)11-12-4-2-1-3-5-12/h1-8,16H,9-11H2/t16-,19-/m0/s1. The molecule has 1 aliphatic heterocycles. The molecule has 2 fully saturated rings. The van der Waals surface area contributed by atoms with E-state index in [1.807, 2.05) is 42.5 Å². The highest BCUT2D eigenvalue weighted by Gasteiger charge is 2.67. The summed E-state index contributed by atoms with van der Waals surface area (Å²) >= 11 is 12.1. The minimum atomic E-state index is -0.597. The molecular formula is C19H15Cl2NO2. The van der Waals surface area contributed by atoms with Crippen LogP contribution in [0.25, 0.3) is 0 Å². The highest BCUT2D eigenvalue weighted by Crippen LogP contribution is 2.65. The van der Waals surface area contributed by atoms with Gasteiger partial charge in [-0.05, 0) is 35.7 Å². The van der Waals surface area contributed by atoms with E-state index in [1.165, 1.54) is 4.90 Å². The lowest BCUT2D eigenvalue weighted by molar-refractivity contribution is -0.140. The second-order valence-corrected chi connectivity index (χ2v) is 7.44. The van der Waals surface area contributed by atoms with Crippen LogP contribution in [-0.4, -0.2) is 16.7 Å². The third-order valence-corrected chi connectivity index (χ3v) is 5.42. The molecule has 0 radical (unpaired) electrons. The molecule has 0 N–H and O–H groups in total. The minimum Gasteiger partial charge on any atom is -0.278 e. The van der Waals surface area contributed by atoms with Gasteiger partial charge in [0, 0.05) is 22.4 Å². The van der Waals surface area contributed by atoms with E-state index >= 15 is 0 Å². The maximum absolute atomic E-state index is 12.9. The van der Waals surface area contributed by atoms with Gasteiger partial charge in [0.1, 0.15) is 0 Å². The molecule has 2 amide bonds. The Hall–Kier alpha value is -1.84. The Kier molecular flexibility index (Phi) is 3.66. The Bertz CT molecular complexity index is 816. The van der Waals surface area contributed by atoms with Gasteiger partial charge in [0.25, 0.3) is 0 Å². The van der Waals surface area contributed by atoms with E-state index in [4.69, 9.17) is 23.2 Å². The predicted molar refractivity (Wildman–Crippen MR) is 92.9 cm³/mol. The second-order valence-electron chi connectivity index (χ2n) is 6.56. The molecule has 3 nitrogen and oxygen atoms in total. The predicted octanol–water partition coefficient (Wildman–Crippen LogP) is 4.43. The fraction of sp³-hybridized carbons (Fsp3) is 0.263. The number of hydrogen-bond donors (Lipinski definition) is 0. The number of likely N-dealkylation sites (tertiary alicyclic amines) is 1. The molecule has 0 aromatic heterocycles. The van der Waals surface area contributed by atoms with Crippen molar-refractivity contribution in [3.05, 3.63) is 69.7 Å². The molecule has 2 atom stereocenters. The van der Waals surface area contributed by atoms with Crippen molar-refractivity contribution in [3.8, 4) is 0 Å². The molecule has 1 saturated heterocycles. The van der Waals surface area contributed by atoms with Crippen molar-refractivity contribution in [3.63, 3.8) is 0 Å². The maximum atomic E-state index is 12.9. The van der Waals surface area contributed by atoms with Crippen molar-refractivity contribution < 1.29 is 9.59 Å². The number of amides is 2. The molecule has 1 aliphatic carbocycles. The zero-order valence-electron chi connectivity index (χ0n) is 12.8. The van der Waals surface area contributed by atoms with Crippen molar-refractivity contribution in [1.82, 2.24) is 4.90 Å². The van der Waals surface area contributed by atoms with Gasteiger partial charge >= 0.3 is 0 Å². The summed E-state index contributed by atoms with van der Waals surface area (Å²) in [6.45, 7) is 0.337. The third kappa shape index (κ3) is 2.52. The quantitative estimate of drug-likeness (QED) is 0.760. The number of carbonyl (C=O) groups excluding carboxylic acids is 2. The van der Waals surface area contributed by atoms with Crippen LogP contribution < -0.4 is 0 Å². The molecule has 2 aromatic carbocycles. The van der Waals surface area contributed by atoms with Crippen molar-refractivity contribution in [2.45, 2.75) is 25.3 Å². The Labute approximate surface area is 150 Å². The SMILES string of the molecule is O=C1C[C@]2(C[C@H]2c2cc(Cl)cc(Cl)c2)C(=O)N1Cc1ccccc1. The van der Waals surface area contributed by atoms with Gasteiger partial charge in [0.15, 0.2) is 0 Å². The zero-order valence-corrected chi connectivity index (χ0v) is 14.3. The summed E-state index contributed by atoms with van der Waals surface area (Å²) in [5, 5.41) is 1.11. The van der Waals surface area contributed by atoms with E-state index < -0.39 is 5.41 Å². The molecule has 1 heterocycles. The van der Waals surface area contributed by atoms with Gasteiger partial charge in [-0.3, -0.25) is 14.5 Å². The Morgan fingerprint density at radius 3 is 2.38 bits per heavy atom. The molecular weight excluding hydrogens is 345 g/mol. The lowest BCUT2D eigenvalue weighted by atomic mass is 9.97. The van der Waals surface area contributed by atoms with Crippen LogP contribution in [0.2, 0.25) is 10.0 Å². The molecule has 2 aromatic rings. The van der Waals surface area contributed by atoms with Crippen LogP contribution >= 0.6 is 23.2 Å². The Balaban J connectivity index is 1.58. The largest absolute Gasteiger partial charge is 0.278 e. The van der Waals surface area contributed by atoms with E-state index in [1.54, 1.807) is 6.07 Å². The smallest absolute Gasteiger partial charge is 0.236 e. The van der Waals surface area contributed by atoms with Crippen LogP contribution in [0.5, 0.6) is 0 Å².